The summed E-state index contributed by atoms with van der Waals surface area (Å²) >= 11 is 0. The Kier molecular flexibility index (Phi) is 7.26. The summed E-state index contributed by atoms with van der Waals surface area (Å²) in [5, 5.41) is 3.20. The molecule has 0 unspecified atom stereocenters. The molecule has 3 heterocycles. The number of nitrogens with one attached hydrogen (secondary N) is 1. The number of amides is 1. The van der Waals surface area contributed by atoms with E-state index in [2.05, 4.69) is 5.32 Å². The molecule has 182 valence electrons. The van der Waals surface area contributed by atoms with E-state index >= 15 is 0 Å². The van der Waals surface area contributed by atoms with Gasteiger partial charge < -0.3 is 20.5 Å². The number of carbonyl (C=O) groups excluding carboxylic acids is 1. The smallest absolute Gasteiger partial charge is 0.278 e. The number of aromatic nitrogens is 3. The van der Waals surface area contributed by atoms with Crippen molar-refractivity contribution in [2.75, 3.05) is 33.1 Å². The van der Waals surface area contributed by atoms with E-state index in [9.17, 15) is 9.59 Å². The van der Waals surface area contributed by atoms with Crippen molar-refractivity contribution in [2.24, 2.45) is 0 Å². The number of nitrogens with two attached hydrogens (primary N) is 1. The molecule has 0 radical (unpaired) electrons. The maximum atomic E-state index is 13.4. The Morgan fingerprint density at radius 2 is 1.97 bits per heavy atom. The van der Waals surface area contributed by atoms with E-state index in [1.165, 1.54) is 4.40 Å². The van der Waals surface area contributed by atoms with Crippen LogP contribution in [-0.4, -0.2) is 42.7 Å². The number of fused-ring (bicyclic) bond motifs is 2. The average Bonchev–Trinajstić information content (AvgIpc) is 2.87. The largest absolute Gasteiger partial charge is 0.497 e. The van der Waals surface area contributed by atoms with Crippen molar-refractivity contribution >= 4 is 28.4 Å². The van der Waals surface area contributed by atoms with Crippen LogP contribution >= 0.6 is 0 Å². The van der Waals surface area contributed by atoms with Gasteiger partial charge in [0.2, 0.25) is 11.5 Å². The lowest BCUT2D eigenvalue weighted by Gasteiger charge is -2.13. The minimum Gasteiger partial charge on any atom is -0.497 e. The lowest BCUT2D eigenvalue weighted by Crippen LogP contribution is -2.43. The first kappa shape index (κ1) is 24.2. The Hall–Kier alpha value is -3.98. The first-order chi connectivity index (χ1) is 16.9. The second-order valence-corrected chi connectivity index (χ2v) is 8.33. The Labute approximate surface area is 203 Å². The molecule has 0 aliphatic rings. The van der Waals surface area contributed by atoms with Gasteiger partial charge in [0.25, 0.3) is 17.1 Å². The number of rotatable bonds is 9. The van der Waals surface area contributed by atoms with Crippen molar-refractivity contribution in [3.63, 3.8) is 0 Å². The number of aryl methyl sites for hydroxylation is 3. The van der Waals surface area contributed by atoms with E-state index in [-0.39, 0.29) is 22.8 Å². The molecular weight excluding hydrogens is 446 g/mol. The van der Waals surface area contributed by atoms with Gasteiger partial charge in [-0.2, -0.15) is 0 Å². The second-order valence-electron chi connectivity index (χ2n) is 8.33. The molecule has 0 aliphatic heterocycles. The van der Waals surface area contributed by atoms with E-state index in [1.54, 1.807) is 37.1 Å². The lowest BCUT2D eigenvalue weighted by molar-refractivity contribution is -0.658. The summed E-state index contributed by atoms with van der Waals surface area (Å²) in [5.74, 6) is 0.697. The second kappa shape index (κ2) is 10.5. The van der Waals surface area contributed by atoms with Gasteiger partial charge in [0.1, 0.15) is 16.7 Å². The molecule has 4 aromatic rings. The van der Waals surface area contributed by atoms with Gasteiger partial charge >= 0.3 is 0 Å². The molecule has 3 aromatic heterocycles. The molecule has 1 amide bonds. The standard InChI is InChI=1S/C26H29N5O4/c1-17-6-4-13-31-23(17)29-24-21(26(31)33)16-20(25(32)28-12-5-15-34-2)22(27)30(24)14-11-18-7-9-19(35-3)10-8-18/h4,6-10,13,16,27H,5,11-12,14-15H2,1-3H3,(H,28,32)/p+1. The number of anilines is 1. The maximum Gasteiger partial charge on any atom is 0.278 e. The molecule has 9 nitrogen and oxygen atoms in total. The van der Waals surface area contributed by atoms with E-state index in [0.717, 1.165) is 16.9 Å². The third-order valence-corrected chi connectivity index (χ3v) is 6.01. The van der Waals surface area contributed by atoms with Crippen LogP contribution in [0.4, 0.5) is 5.82 Å². The summed E-state index contributed by atoms with van der Waals surface area (Å²) in [5.41, 5.74) is 9.46. The first-order valence-corrected chi connectivity index (χ1v) is 11.5. The van der Waals surface area contributed by atoms with Crippen molar-refractivity contribution < 1.29 is 18.8 Å². The summed E-state index contributed by atoms with van der Waals surface area (Å²) in [6.07, 6.45) is 2.97. The molecule has 0 aliphatic carbocycles. The molecule has 3 N–H and O–H groups in total. The third-order valence-electron chi connectivity index (χ3n) is 6.01. The van der Waals surface area contributed by atoms with E-state index in [0.29, 0.717) is 49.2 Å². The van der Waals surface area contributed by atoms with Crippen LogP contribution in [0.1, 0.15) is 27.9 Å². The minimum atomic E-state index is -0.340. The van der Waals surface area contributed by atoms with Crippen LogP contribution in [0.15, 0.2) is 53.5 Å². The van der Waals surface area contributed by atoms with Crippen LogP contribution in [0.25, 0.3) is 16.7 Å². The summed E-state index contributed by atoms with van der Waals surface area (Å²) in [6.45, 7) is 3.31. The Morgan fingerprint density at radius 3 is 2.69 bits per heavy atom. The minimum absolute atomic E-state index is 0.246. The third kappa shape index (κ3) is 4.95. The Morgan fingerprint density at radius 1 is 1.20 bits per heavy atom. The van der Waals surface area contributed by atoms with Gasteiger partial charge in [-0.25, -0.2) is 4.57 Å². The fourth-order valence-corrected chi connectivity index (χ4v) is 4.07. The number of hydrogen-bond donors (Lipinski definition) is 2. The van der Waals surface area contributed by atoms with E-state index in [4.69, 9.17) is 20.2 Å². The number of methoxy groups -OCH3 is 2. The van der Waals surface area contributed by atoms with Crippen LogP contribution < -0.4 is 25.9 Å². The predicted octanol–water partition coefficient (Wildman–Crippen LogP) is 2.04. The highest BCUT2D eigenvalue weighted by Crippen LogP contribution is 2.17. The highest BCUT2D eigenvalue weighted by molar-refractivity contribution is 6.00. The Bertz CT molecular complexity index is 1430. The maximum absolute atomic E-state index is 13.4. The number of hydrogen-bond acceptors (Lipinski definition) is 6. The van der Waals surface area contributed by atoms with Gasteiger partial charge in [0.15, 0.2) is 0 Å². The number of pyridine rings is 2. The zero-order valence-electron chi connectivity index (χ0n) is 20.2. The van der Waals surface area contributed by atoms with E-state index < -0.39 is 0 Å². The SMILES string of the molecule is COCCCNC(=O)c1cc2c(=O)n3cccc(C)c3nc2[n+](CCc2ccc(OC)cc2)c1N. The summed E-state index contributed by atoms with van der Waals surface area (Å²) in [7, 11) is 3.24. The molecule has 0 fully saturated rings. The highest BCUT2D eigenvalue weighted by atomic mass is 16.5. The van der Waals surface area contributed by atoms with E-state index in [1.807, 2.05) is 37.3 Å². The van der Waals surface area contributed by atoms with Crippen LogP contribution in [0.2, 0.25) is 0 Å². The number of nitrogen functional groups attached to an aromatic ring is 1. The van der Waals surface area contributed by atoms with Crippen LogP contribution in [-0.2, 0) is 17.7 Å². The quantitative estimate of drug-likeness (QED) is 0.217. The summed E-state index contributed by atoms with van der Waals surface area (Å²) in [6, 6.07) is 13.0. The van der Waals surface area contributed by atoms with Crippen molar-refractivity contribution in [3.8, 4) is 5.75 Å². The van der Waals surface area contributed by atoms with Gasteiger partial charge in [-0.15, -0.1) is 0 Å². The fourth-order valence-electron chi connectivity index (χ4n) is 4.07. The van der Waals surface area contributed by atoms with Crippen molar-refractivity contribution in [2.45, 2.75) is 26.3 Å². The molecule has 0 bridgehead atoms. The summed E-state index contributed by atoms with van der Waals surface area (Å²) < 4.78 is 13.5. The molecule has 0 atom stereocenters. The normalized spacial score (nSPS) is 11.2. The molecule has 0 spiro atoms. The average molecular weight is 477 g/mol. The molecule has 0 saturated carbocycles. The van der Waals surface area contributed by atoms with Gasteiger partial charge in [-0.05, 0) is 43.2 Å². The van der Waals surface area contributed by atoms with Gasteiger partial charge in [0.05, 0.1) is 13.7 Å². The number of nitrogens with zero attached hydrogens (tertiary/aromatic N) is 3. The fraction of sp³-hybridized carbons (Fsp3) is 0.308. The molecule has 0 saturated heterocycles. The first-order valence-electron chi connectivity index (χ1n) is 11.5. The molecule has 1 aromatic carbocycles. The molecule has 35 heavy (non-hydrogen) atoms. The molecule has 9 heteroatoms. The number of ether oxygens (including phenoxy) is 2. The molecular formula is C26H30N5O4+. The number of carbonyl (C=O) groups is 1. The van der Waals surface area contributed by atoms with Crippen LogP contribution in [0.5, 0.6) is 5.75 Å². The van der Waals surface area contributed by atoms with Gasteiger partial charge in [-0.1, -0.05) is 23.2 Å². The lowest BCUT2D eigenvalue weighted by atomic mass is 10.1. The van der Waals surface area contributed by atoms with Crippen LogP contribution in [0.3, 0.4) is 0 Å². The Balaban J connectivity index is 1.82. The zero-order chi connectivity index (χ0) is 24.9. The van der Waals surface area contributed by atoms with Crippen molar-refractivity contribution in [3.05, 3.63) is 75.7 Å². The van der Waals surface area contributed by atoms with Crippen molar-refractivity contribution in [1.82, 2.24) is 14.7 Å². The zero-order valence-corrected chi connectivity index (χ0v) is 20.2. The summed E-state index contributed by atoms with van der Waals surface area (Å²) in [4.78, 5) is 31.2. The topological polar surface area (TPSA) is 112 Å². The predicted molar refractivity (Wildman–Crippen MR) is 134 cm³/mol. The van der Waals surface area contributed by atoms with Gasteiger partial charge in [-0.3, -0.25) is 14.0 Å². The molecule has 4 rings (SSSR count). The van der Waals surface area contributed by atoms with Gasteiger partial charge in [0, 0.05) is 38.4 Å². The number of benzene rings is 1. The van der Waals surface area contributed by atoms with Crippen LogP contribution in [0, 0.1) is 6.92 Å². The monoisotopic (exact) mass is 476 g/mol. The van der Waals surface area contributed by atoms with Crippen molar-refractivity contribution in [1.29, 1.82) is 0 Å². The highest BCUT2D eigenvalue weighted by Gasteiger charge is 2.24.